The fourth-order valence-electron chi connectivity index (χ4n) is 6.92. The van der Waals surface area contributed by atoms with Crippen LogP contribution in [0.25, 0.3) is 11.4 Å². The molecule has 0 atom stereocenters. The molecule has 0 aliphatic rings. The highest BCUT2D eigenvalue weighted by molar-refractivity contribution is 6.30. The molecule has 5 aromatic rings. The smallest absolute Gasteiger partial charge is 0.214 e. The Morgan fingerprint density at radius 1 is 0.600 bits per heavy atom. The topological polar surface area (TPSA) is 34.6 Å². The van der Waals surface area contributed by atoms with E-state index in [0.717, 1.165) is 34.7 Å². The van der Waals surface area contributed by atoms with Gasteiger partial charge in [0, 0.05) is 24.0 Å². The average Bonchev–Trinajstić information content (AvgIpc) is 3.33. The number of nitrogens with zero attached hydrogens (tertiary/aromatic N) is 4. The van der Waals surface area contributed by atoms with Crippen molar-refractivity contribution in [1.82, 2.24) is 9.13 Å². The third-order valence-corrected chi connectivity index (χ3v) is 8.85. The summed E-state index contributed by atoms with van der Waals surface area (Å²) in [6.45, 7) is 20.7. The molecule has 1 aromatic heterocycles. The van der Waals surface area contributed by atoms with E-state index in [4.69, 9.17) is 21.6 Å². The lowest BCUT2D eigenvalue weighted by Gasteiger charge is -2.16. The van der Waals surface area contributed by atoms with Gasteiger partial charge in [-0.3, -0.25) is 14.1 Å². The molecule has 0 fully saturated rings. The number of halogens is 1. The first-order valence-corrected chi connectivity index (χ1v) is 16.1. The third-order valence-electron chi connectivity index (χ3n) is 8.60. The lowest BCUT2D eigenvalue weighted by Crippen LogP contribution is -2.27. The number of imidazole rings is 1. The van der Waals surface area contributed by atoms with Gasteiger partial charge < -0.3 is 0 Å². The molecule has 4 aromatic carbocycles. The molecule has 0 aliphatic heterocycles. The van der Waals surface area contributed by atoms with Crippen LogP contribution in [0, 0.1) is 62.3 Å². The first-order valence-electron chi connectivity index (χ1n) is 15.8. The maximum atomic E-state index is 6.30. The summed E-state index contributed by atoms with van der Waals surface area (Å²) in [6, 6.07) is 21.5. The average molecular weight is 617 g/mol. The maximum Gasteiger partial charge on any atom is 0.214 e. The number of aryl methyl sites for hydroxylation is 9. The van der Waals surface area contributed by atoms with Crippen LogP contribution in [-0.2, 0) is 6.42 Å². The Morgan fingerprint density at radius 2 is 1.02 bits per heavy atom. The molecule has 232 valence electrons. The van der Waals surface area contributed by atoms with Crippen molar-refractivity contribution in [3.63, 3.8) is 0 Å². The van der Waals surface area contributed by atoms with E-state index in [-0.39, 0.29) is 0 Å². The van der Waals surface area contributed by atoms with Crippen molar-refractivity contribution in [2.24, 2.45) is 9.98 Å². The Bertz CT molecular complexity index is 1820. The van der Waals surface area contributed by atoms with Crippen molar-refractivity contribution < 1.29 is 0 Å². The van der Waals surface area contributed by atoms with Gasteiger partial charge in [0.25, 0.3) is 0 Å². The van der Waals surface area contributed by atoms with Gasteiger partial charge in [0.15, 0.2) is 0 Å². The van der Waals surface area contributed by atoms with Crippen LogP contribution < -0.4 is 5.62 Å². The fraction of sp³-hybridized carbons (Fsp3) is 0.300. The predicted molar refractivity (Wildman–Crippen MR) is 191 cm³/mol. The fourth-order valence-corrected chi connectivity index (χ4v) is 7.04. The maximum absolute atomic E-state index is 6.30. The van der Waals surface area contributed by atoms with Gasteiger partial charge in [0.05, 0.1) is 23.6 Å². The van der Waals surface area contributed by atoms with Crippen LogP contribution in [0.5, 0.6) is 0 Å². The molecular formula is C40H45ClN4. The number of aromatic nitrogens is 2. The van der Waals surface area contributed by atoms with Gasteiger partial charge >= 0.3 is 0 Å². The quantitative estimate of drug-likeness (QED) is 0.156. The van der Waals surface area contributed by atoms with E-state index in [1.54, 1.807) is 0 Å². The van der Waals surface area contributed by atoms with Crippen molar-refractivity contribution in [3.05, 3.63) is 145 Å². The summed E-state index contributed by atoms with van der Waals surface area (Å²) in [7, 11) is 0. The van der Waals surface area contributed by atoms with E-state index < -0.39 is 0 Å². The lowest BCUT2D eigenvalue weighted by atomic mass is 9.97. The first-order chi connectivity index (χ1) is 21.4. The molecule has 0 saturated heterocycles. The van der Waals surface area contributed by atoms with Crippen LogP contribution in [0.15, 0.2) is 83.0 Å². The van der Waals surface area contributed by atoms with Crippen molar-refractivity contribution in [2.45, 2.75) is 68.7 Å². The van der Waals surface area contributed by atoms with Crippen LogP contribution in [-0.4, -0.2) is 27.9 Å². The second kappa shape index (κ2) is 13.5. The molecule has 0 N–H and O–H groups in total. The zero-order chi connectivity index (χ0) is 32.4. The highest BCUT2D eigenvalue weighted by Gasteiger charge is 2.15. The highest BCUT2D eigenvalue weighted by Crippen LogP contribution is 2.23. The molecule has 0 unspecified atom stereocenters. The van der Waals surface area contributed by atoms with Gasteiger partial charge in [0.2, 0.25) is 5.62 Å². The van der Waals surface area contributed by atoms with Crippen molar-refractivity contribution in [1.29, 1.82) is 0 Å². The Balaban J connectivity index is 1.65. The summed E-state index contributed by atoms with van der Waals surface area (Å²) in [4.78, 5) is 10.5. The summed E-state index contributed by atoms with van der Waals surface area (Å²) in [5.74, 6) is 0. The minimum atomic E-state index is 0.436. The SMILES string of the molecule is Cc1cc(C)c(CCN=C(CN=c2n(-c3c(C)cc(C)cc3C)ccn2-c2c(C)cc(C)cc2C)c2ccc(Cl)cc2)c(C)c1. The first kappa shape index (κ1) is 32.2. The van der Waals surface area contributed by atoms with Crippen LogP contribution in [0.4, 0.5) is 0 Å². The van der Waals surface area contributed by atoms with Gasteiger partial charge in [-0.05, 0) is 125 Å². The summed E-state index contributed by atoms with van der Waals surface area (Å²) < 4.78 is 4.47. The van der Waals surface area contributed by atoms with E-state index in [1.807, 2.05) is 12.1 Å². The van der Waals surface area contributed by atoms with Gasteiger partial charge in [-0.2, -0.15) is 0 Å². The van der Waals surface area contributed by atoms with E-state index in [1.165, 1.54) is 55.6 Å². The minimum Gasteiger partial charge on any atom is -0.287 e. The van der Waals surface area contributed by atoms with Gasteiger partial charge in [-0.25, -0.2) is 4.99 Å². The Morgan fingerprint density at radius 3 is 1.47 bits per heavy atom. The van der Waals surface area contributed by atoms with Gasteiger partial charge in [0.1, 0.15) is 0 Å². The van der Waals surface area contributed by atoms with E-state index in [0.29, 0.717) is 18.1 Å². The largest absolute Gasteiger partial charge is 0.287 e. The van der Waals surface area contributed by atoms with Crippen LogP contribution in [0.1, 0.15) is 61.2 Å². The van der Waals surface area contributed by atoms with Crippen LogP contribution in [0.2, 0.25) is 5.02 Å². The zero-order valence-corrected chi connectivity index (χ0v) is 29.0. The predicted octanol–water partition coefficient (Wildman–Crippen LogP) is 9.33. The highest BCUT2D eigenvalue weighted by atomic mass is 35.5. The van der Waals surface area contributed by atoms with E-state index >= 15 is 0 Å². The molecule has 5 rings (SSSR count). The summed E-state index contributed by atoms with van der Waals surface area (Å²) >= 11 is 6.30. The number of aliphatic imine (C=N–C) groups is 1. The zero-order valence-electron chi connectivity index (χ0n) is 28.2. The van der Waals surface area contributed by atoms with Gasteiger partial charge in [-0.1, -0.05) is 76.8 Å². The number of hydrogen-bond acceptors (Lipinski definition) is 2. The molecule has 0 aliphatic carbocycles. The molecular weight excluding hydrogens is 572 g/mol. The van der Waals surface area contributed by atoms with E-state index in [2.05, 4.69) is 132 Å². The normalized spacial score (nSPS) is 11.7. The standard InChI is InChI=1S/C40H45ClN4/c1-25-18-28(4)36(29(5)19-25)14-15-42-37(34-10-12-35(41)13-11-34)24-43-40-44(38-30(6)20-26(2)21-31(38)7)16-17-45(40)39-32(8)22-27(3)23-33(39)9/h10-13,16-23H,14-15,24H2,1-9H3. The molecule has 0 radical (unpaired) electrons. The molecule has 0 spiro atoms. The third kappa shape index (κ3) is 7.07. The van der Waals surface area contributed by atoms with Crippen LogP contribution in [0.3, 0.4) is 0 Å². The molecule has 0 bridgehead atoms. The second-order valence-electron chi connectivity index (χ2n) is 12.6. The summed E-state index contributed by atoms with van der Waals surface area (Å²) in [5.41, 5.74) is 17.9. The Kier molecular flexibility index (Phi) is 9.65. The molecule has 0 saturated carbocycles. The molecule has 0 amide bonds. The van der Waals surface area contributed by atoms with Crippen molar-refractivity contribution in [3.8, 4) is 11.4 Å². The molecule has 45 heavy (non-hydrogen) atoms. The second-order valence-corrected chi connectivity index (χ2v) is 13.0. The minimum absolute atomic E-state index is 0.436. The van der Waals surface area contributed by atoms with E-state index in [9.17, 15) is 0 Å². The molecule has 4 nitrogen and oxygen atoms in total. The number of rotatable bonds is 8. The number of hydrogen-bond donors (Lipinski definition) is 0. The van der Waals surface area contributed by atoms with Crippen LogP contribution >= 0.6 is 11.6 Å². The summed E-state index contributed by atoms with van der Waals surface area (Å²) in [5, 5.41) is 0.711. The van der Waals surface area contributed by atoms with Gasteiger partial charge in [-0.15, -0.1) is 0 Å². The lowest BCUT2D eigenvalue weighted by molar-refractivity contribution is 0.827. The van der Waals surface area contributed by atoms with Crippen molar-refractivity contribution in [2.75, 3.05) is 13.1 Å². The Labute approximate surface area is 273 Å². The summed E-state index contributed by atoms with van der Waals surface area (Å²) in [6.07, 6.45) is 5.17. The van der Waals surface area contributed by atoms with Crippen molar-refractivity contribution >= 4 is 17.3 Å². The number of benzene rings is 4. The monoisotopic (exact) mass is 616 g/mol. The molecule has 1 heterocycles. The molecule has 5 heteroatoms. The Hall–Kier alpha value is -4.15.